The van der Waals surface area contributed by atoms with Crippen LogP contribution in [0.2, 0.25) is 0 Å². The van der Waals surface area contributed by atoms with E-state index >= 15 is 0 Å². The monoisotopic (exact) mass is 539 g/mol. The predicted octanol–water partition coefficient (Wildman–Crippen LogP) is 5.38. The summed E-state index contributed by atoms with van der Waals surface area (Å²) < 4.78 is 23.3. The maximum Gasteiger partial charge on any atom is 0.324 e. The van der Waals surface area contributed by atoms with Gasteiger partial charge in [-0.25, -0.2) is 18.2 Å². The van der Waals surface area contributed by atoms with Crippen molar-refractivity contribution < 1.29 is 23.1 Å². The number of hydrogen-bond donors (Lipinski definition) is 2. The van der Waals surface area contributed by atoms with Crippen molar-refractivity contribution in [3.63, 3.8) is 0 Å². The average Bonchev–Trinajstić information content (AvgIpc) is 3.29. The number of carbonyl (C=O) groups is 2. The molecule has 1 aromatic carbocycles. The highest BCUT2D eigenvalue weighted by molar-refractivity contribution is 7.99. The number of sulfone groups is 1. The van der Waals surface area contributed by atoms with Crippen LogP contribution in [0.4, 0.5) is 9.93 Å². The van der Waals surface area contributed by atoms with Crippen LogP contribution in [0.25, 0.3) is 0 Å². The second kappa shape index (κ2) is 11.7. The molecular formula is C24H33N3O5S3. The summed E-state index contributed by atoms with van der Waals surface area (Å²) in [6.45, 7) is 5.10. The Labute approximate surface area is 215 Å². The summed E-state index contributed by atoms with van der Waals surface area (Å²) in [5.41, 5.74) is 0. The van der Waals surface area contributed by atoms with E-state index in [1.54, 1.807) is 11.8 Å². The molecule has 192 valence electrons. The molecule has 11 heteroatoms. The van der Waals surface area contributed by atoms with E-state index in [0.29, 0.717) is 12.5 Å². The summed E-state index contributed by atoms with van der Waals surface area (Å²) >= 11 is 2.53. The zero-order valence-electron chi connectivity index (χ0n) is 20.3. The van der Waals surface area contributed by atoms with E-state index in [1.165, 1.54) is 4.90 Å². The van der Waals surface area contributed by atoms with Crippen molar-refractivity contribution >= 4 is 50.1 Å². The number of rotatable bonds is 10. The minimum absolute atomic E-state index is 0.127. The smallest absolute Gasteiger partial charge is 0.324 e. The van der Waals surface area contributed by atoms with Gasteiger partial charge in [-0.1, -0.05) is 36.5 Å². The lowest BCUT2D eigenvalue weighted by Crippen LogP contribution is -2.45. The Morgan fingerprint density at radius 2 is 1.86 bits per heavy atom. The Balaban J connectivity index is 1.67. The van der Waals surface area contributed by atoms with E-state index in [-0.39, 0.29) is 21.4 Å². The molecule has 0 bridgehead atoms. The third-order valence-corrected chi connectivity index (χ3v) is 11.3. The van der Waals surface area contributed by atoms with Gasteiger partial charge < -0.3 is 10.0 Å². The van der Waals surface area contributed by atoms with Crippen molar-refractivity contribution in [1.82, 2.24) is 9.88 Å². The fourth-order valence-electron chi connectivity index (χ4n) is 3.92. The van der Waals surface area contributed by atoms with Gasteiger partial charge in [-0.15, -0.1) is 11.8 Å². The minimum Gasteiger partial charge on any atom is -0.480 e. The van der Waals surface area contributed by atoms with Gasteiger partial charge in [-0.05, 0) is 69.8 Å². The van der Waals surface area contributed by atoms with Crippen molar-refractivity contribution in [1.29, 1.82) is 0 Å². The number of anilines is 1. The summed E-state index contributed by atoms with van der Waals surface area (Å²) in [4.78, 5) is 31.8. The van der Waals surface area contributed by atoms with Crippen molar-refractivity contribution in [3.05, 3.63) is 36.5 Å². The number of aliphatic carboxylic acids is 1. The number of nitrogens with zero attached hydrogens (tertiary/aromatic N) is 2. The first kappa shape index (κ1) is 27.5. The van der Waals surface area contributed by atoms with Gasteiger partial charge in [-0.3, -0.25) is 10.1 Å². The molecule has 3 rings (SSSR count). The highest BCUT2D eigenvalue weighted by Gasteiger charge is 2.44. The third kappa shape index (κ3) is 6.77. The second-order valence-corrected chi connectivity index (χ2v) is 14.3. The van der Waals surface area contributed by atoms with E-state index in [9.17, 15) is 23.1 Å². The fourth-order valence-corrected chi connectivity index (χ4v) is 7.54. The molecule has 2 aromatic rings. The number of aromatic nitrogens is 1. The van der Waals surface area contributed by atoms with Gasteiger partial charge in [-0.2, -0.15) is 0 Å². The first-order valence-corrected chi connectivity index (χ1v) is 15.0. The lowest BCUT2D eigenvalue weighted by molar-refractivity contribution is -0.139. The quantitative estimate of drug-likeness (QED) is 0.308. The van der Waals surface area contributed by atoms with Crippen LogP contribution < -0.4 is 5.32 Å². The van der Waals surface area contributed by atoms with E-state index < -0.39 is 20.6 Å². The molecule has 2 amide bonds. The van der Waals surface area contributed by atoms with Gasteiger partial charge in [0.25, 0.3) is 0 Å². The number of carboxylic acids is 1. The zero-order valence-corrected chi connectivity index (χ0v) is 22.7. The number of thioether (sulfide) groups is 1. The molecule has 1 heterocycles. The number of hydrogen-bond acceptors (Lipinski definition) is 7. The summed E-state index contributed by atoms with van der Waals surface area (Å²) in [7, 11) is -4.15. The summed E-state index contributed by atoms with van der Waals surface area (Å²) in [5.74, 6) is 0.0811. The standard InChI is InChI=1S/C24H33N3O5S3/c1-17-10-12-18(13-11-17)27(14-7-15-33-19-8-5-4-6-9-19)23(30)26-22-25-16-20(34-22)35(31,32)24(2,3)21(28)29/h4-6,8-9,16-18H,7,10-15H2,1-3H3,(H,28,29)(H,25,26,30). The Morgan fingerprint density at radius 1 is 1.20 bits per heavy atom. The Hall–Kier alpha value is -2.11. The van der Waals surface area contributed by atoms with E-state index in [0.717, 1.165) is 69.2 Å². The predicted molar refractivity (Wildman–Crippen MR) is 140 cm³/mol. The lowest BCUT2D eigenvalue weighted by Gasteiger charge is -2.36. The van der Waals surface area contributed by atoms with Crippen LogP contribution >= 0.6 is 23.1 Å². The Morgan fingerprint density at radius 3 is 2.49 bits per heavy atom. The van der Waals surface area contributed by atoms with Gasteiger partial charge in [0.1, 0.15) is 4.21 Å². The molecule has 0 saturated heterocycles. The number of nitrogens with one attached hydrogen (secondary N) is 1. The number of urea groups is 1. The lowest BCUT2D eigenvalue weighted by atomic mass is 9.86. The van der Waals surface area contributed by atoms with Gasteiger partial charge in [0.2, 0.25) is 9.84 Å². The highest BCUT2D eigenvalue weighted by Crippen LogP contribution is 2.33. The molecule has 1 aliphatic carbocycles. The van der Waals surface area contributed by atoms with Crippen LogP contribution in [-0.4, -0.2) is 58.5 Å². The van der Waals surface area contributed by atoms with Crippen LogP contribution in [0.15, 0.2) is 45.6 Å². The molecule has 1 fully saturated rings. The summed E-state index contributed by atoms with van der Waals surface area (Å²) in [6.07, 6.45) is 5.94. The van der Waals surface area contributed by atoms with Crippen LogP contribution in [0.5, 0.6) is 0 Å². The molecule has 0 radical (unpaired) electrons. The first-order chi connectivity index (χ1) is 16.5. The fraction of sp³-hybridized carbons (Fsp3) is 0.542. The minimum atomic E-state index is -4.15. The normalized spacial score (nSPS) is 18.7. The molecule has 35 heavy (non-hydrogen) atoms. The topological polar surface area (TPSA) is 117 Å². The van der Waals surface area contributed by atoms with Crippen LogP contribution in [0, 0.1) is 5.92 Å². The molecule has 1 aliphatic rings. The highest BCUT2D eigenvalue weighted by atomic mass is 32.2. The number of carbonyl (C=O) groups excluding carboxylic acids is 1. The van der Waals surface area contributed by atoms with Crippen molar-refractivity contribution in [3.8, 4) is 0 Å². The molecule has 0 spiro atoms. The van der Waals surface area contributed by atoms with Crippen LogP contribution in [-0.2, 0) is 14.6 Å². The second-order valence-electron chi connectivity index (χ2n) is 9.36. The molecule has 8 nitrogen and oxygen atoms in total. The van der Waals surface area contributed by atoms with Crippen molar-refractivity contribution in [2.75, 3.05) is 17.6 Å². The van der Waals surface area contributed by atoms with Crippen LogP contribution in [0.3, 0.4) is 0 Å². The number of carboxylic acid groups (broad SMARTS) is 1. The number of benzene rings is 1. The summed E-state index contributed by atoms with van der Waals surface area (Å²) in [6, 6.07) is 9.95. The third-order valence-electron chi connectivity index (χ3n) is 6.39. The van der Waals surface area contributed by atoms with Gasteiger partial charge >= 0.3 is 12.0 Å². The number of thiazole rings is 1. The Bertz CT molecular complexity index is 1110. The maximum absolute atomic E-state index is 13.3. The van der Waals surface area contributed by atoms with Crippen LogP contribution in [0.1, 0.15) is 52.9 Å². The number of amides is 2. The molecular weight excluding hydrogens is 506 g/mol. The van der Waals surface area contributed by atoms with E-state index in [2.05, 4.69) is 29.4 Å². The van der Waals surface area contributed by atoms with Crippen molar-refractivity contribution in [2.24, 2.45) is 5.92 Å². The first-order valence-electron chi connectivity index (χ1n) is 11.7. The van der Waals surface area contributed by atoms with E-state index in [1.807, 2.05) is 23.1 Å². The molecule has 0 aliphatic heterocycles. The van der Waals surface area contributed by atoms with Gasteiger partial charge in [0.05, 0.1) is 6.20 Å². The molecule has 0 atom stereocenters. The molecule has 1 saturated carbocycles. The molecule has 2 N–H and O–H groups in total. The molecule has 1 aromatic heterocycles. The largest absolute Gasteiger partial charge is 0.480 e. The summed E-state index contributed by atoms with van der Waals surface area (Å²) in [5, 5.41) is 12.2. The van der Waals surface area contributed by atoms with E-state index in [4.69, 9.17) is 0 Å². The maximum atomic E-state index is 13.3. The van der Waals surface area contributed by atoms with Crippen molar-refractivity contribution in [2.45, 2.75) is 72.8 Å². The van der Waals surface area contributed by atoms with Gasteiger partial charge in [0, 0.05) is 17.5 Å². The Kier molecular flexibility index (Phi) is 9.22. The SMILES string of the molecule is CC1CCC(N(CCCSc2ccccc2)C(=O)Nc2ncc(S(=O)(=O)C(C)(C)C(=O)O)s2)CC1. The average molecular weight is 540 g/mol. The van der Waals surface area contributed by atoms with Gasteiger partial charge in [0.15, 0.2) is 9.88 Å². The zero-order chi connectivity index (χ0) is 25.6. The molecule has 0 unspecified atom stereocenters.